The molecular formula is C43H52N6O6. The van der Waals surface area contributed by atoms with E-state index in [0.717, 1.165) is 55.5 Å². The van der Waals surface area contributed by atoms with E-state index < -0.39 is 17.4 Å². The normalized spacial score (nSPS) is 24.3. The maximum atomic E-state index is 14.4. The molecule has 3 aromatic carbocycles. The van der Waals surface area contributed by atoms with Gasteiger partial charge in [0.15, 0.2) is 5.60 Å². The van der Waals surface area contributed by atoms with Crippen LogP contribution < -0.4 is 26.2 Å². The predicted molar refractivity (Wildman–Crippen MR) is 211 cm³/mol. The topological polar surface area (TPSA) is 163 Å². The van der Waals surface area contributed by atoms with Crippen molar-refractivity contribution in [2.45, 2.75) is 70.2 Å². The lowest BCUT2D eigenvalue weighted by Gasteiger charge is -2.36. The van der Waals surface area contributed by atoms with Crippen LogP contribution in [0.2, 0.25) is 0 Å². The van der Waals surface area contributed by atoms with Gasteiger partial charge in [-0.05, 0) is 92.2 Å². The van der Waals surface area contributed by atoms with Gasteiger partial charge in [0.25, 0.3) is 5.91 Å². The van der Waals surface area contributed by atoms with Gasteiger partial charge in [-0.25, -0.2) is 0 Å². The van der Waals surface area contributed by atoms with Gasteiger partial charge in [0, 0.05) is 48.9 Å². The quantitative estimate of drug-likeness (QED) is 0.161. The lowest BCUT2D eigenvalue weighted by molar-refractivity contribution is -0.139. The highest BCUT2D eigenvalue weighted by atomic mass is 16.3. The highest BCUT2D eigenvalue weighted by molar-refractivity contribution is 6.08. The number of piperidine rings is 2. The van der Waals surface area contributed by atoms with Gasteiger partial charge in [0.1, 0.15) is 0 Å². The summed E-state index contributed by atoms with van der Waals surface area (Å²) in [6.45, 7) is 5.24. The smallest absolute Gasteiger partial charge is 0.264 e. The SMILES string of the molecule is C[C@H](/C=C/CC(=O)N1Cc2ccccc2C[C@H]1CO)[C@@]1(O)C(=O)N(Cc2ccc(NC(=O)C3CCCNC3)cc2)c2ccc(NC(=O)C3CCCNC3)cc21. The maximum Gasteiger partial charge on any atom is 0.264 e. The number of carbonyl (C=O) groups is 4. The molecule has 4 amide bonds. The van der Waals surface area contributed by atoms with Gasteiger partial charge in [-0.15, -0.1) is 0 Å². The number of fused-ring (bicyclic) bond motifs is 2. The Bertz CT molecular complexity index is 1920. The second-order valence-electron chi connectivity index (χ2n) is 15.4. The summed E-state index contributed by atoms with van der Waals surface area (Å²) in [4.78, 5) is 57.1. The first-order valence-corrected chi connectivity index (χ1v) is 19.6. The highest BCUT2D eigenvalue weighted by Crippen LogP contribution is 2.47. The van der Waals surface area contributed by atoms with E-state index in [9.17, 15) is 29.4 Å². The second kappa shape index (κ2) is 16.9. The van der Waals surface area contributed by atoms with Crippen LogP contribution in [0.4, 0.5) is 17.1 Å². The molecule has 4 heterocycles. The van der Waals surface area contributed by atoms with Crippen LogP contribution in [0.1, 0.15) is 61.3 Å². The fourth-order valence-corrected chi connectivity index (χ4v) is 8.37. The van der Waals surface area contributed by atoms with Gasteiger partial charge < -0.3 is 41.3 Å². The van der Waals surface area contributed by atoms with Crippen LogP contribution >= 0.6 is 0 Å². The Labute approximate surface area is 322 Å². The summed E-state index contributed by atoms with van der Waals surface area (Å²) in [6.07, 6.45) is 7.51. The molecule has 0 saturated carbocycles. The number of aliphatic hydroxyl groups excluding tert-OH is 1. The van der Waals surface area contributed by atoms with E-state index in [2.05, 4.69) is 21.3 Å². The molecule has 7 rings (SSSR count). The average Bonchev–Trinajstić information content (AvgIpc) is 3.43. The molecule has 0 aromatic heterocycles. The van der Waals surface area contributed by atoms with Gasteiger partial charge in [-0.3, -0.25) is 19.2 Å². The Balaban J connectivity index is 1.09. The fraction of sp³-hybridized carbons (Fsp3) is 0.442. The van der Waals surface area contributed by atoms with E-state index in [1.54, 1.807) is 47.1 Å². The third-order valence-corrected chi connectivity index (χ3v) is 11.7. The van der Waals surface area contributed by atoms with E-state index in [-0.39, 0.29) is 55.2 Å². The number of amides is 4. The number of anilines is 3. The Kier molecular flexibility index (Phi) is 11.8. The summed E-state index contributed by atoms with van der Waals surface area (Å²) >= 11 is 0. The molecule has 0 radical (unpaired) electrons. The van der Waals surface area contributed by atoms with Crippen molar-refractivity contribution >= 4 is 40.7 Å². The van der Waals surface area contributed by atoms with Crippen molar-refractivity contribution in [2.24, 2.45) is 17.8 Å². The molecule has 0 bridgehead atoms. The van der Waals surface area contributed by atoms with Crippen molar-refractivity contribution in [3.63, 3.8) is 0 Å². The number of rotatable bonds is 11. The van der Waals surface area contributed by atoms with E-state index in [4.69, 9.17) is 0 Å². The minimum absolute atomic E-state index is 0.0190. The minimum Gasteiger partial charge on any atom is -0.394 e. The van der Waals surface area contributed by atoms with E-state index in [0.29, 0.717) is 48.7 Å². The molecule has 2 saturated heterocycles. The summed E-state index contributed by atoms with van der Waals surface area (Å²) in [5.74, 6) is -1.79. The van der Waals surface area contributed by atoms with Crippen molar-refractivity contribution in [3.05, 3.63) is 101 Å². The maximum absolute atomic E-state index is 14.4. The average molecular weight is 749 g/mol. The second-order valence-corrected chi connectivity index (χ2v) is 15.4. The number of aliphatic hydroxyl groups is 2. The number of carbonyl (C=O) groups excluding carboxylic acids is 4. The molecule has 12 heteroatoms. The van der Waals surface area contributed by atoms with Crippen LogP contribution in [0.15, 0.2) is 78.9 Å². The summed E-state index contributed by atoms with van der Waals surface area (Å²) in [5.41, 5.74) is 3.06. The fourth-order valence-electron chi connectivity index (χ4n) is 8.37. The Hall–Kier alpha value is -4.88. The monoisotopic (exact) mass is 748 g/mol. The van der Waals surface area contributed by atoms with Crippen molar-refractivity contribution in [1.29, 1.82) is 0 Å². The lowest BCUT2D eigenvalue weighted by atomic mass is 9.82. The first-order valence-electron chi connectivity index (χ1n) is 19.6. The molecule has 3 aromatic rings. The van der Waals surface area contributed by atoms with Crippen molar-refractivity contribution in [3.8, 4) is 0 Å². The van der Waals surface area contributed by atoms with Crippen LogP contribution in [0.25, 0.3) is 0 Å². The molecular weight excluding hydrogens is 697 g/mol. The lowest BCUT2D eigenvalue weighted by Crippen LogP contribution is -2.46. The minimum atomic E-state index is -1.98. The van der Waals surface area contributed by atoms with Crippen LogP contribution in [0, 0.1) is 17.8 Å². The van der Waals surface area contributed by atoms with Gasteiger partial charge in [0.2, 0.25) is 17.7 Å². The molecule has 12 nitrogen and oxygen atoms in total. The molecule has 0 spiro atoms. The third-order valence-electron chi connectivity index (χ3n) is 11.7. The number of hydrogen-bond donors (Lipinski definition) is 6. The molecule has 2 fully saturated rings. The number of nitrogens with one attached hydrogen (secondary N) is 4. The molecule has 6 N–H and O–H groups in total. The van der Waals surface area contributed by atoms with Gasteiger partial charge in [-0.2, -0.15) is 0 Å². The Morgan fingerprint density at radius 1 is 0.909 bits per heavy atom. The van der Waals surface area contributed by atoms with Gasteiger partial charge in [0.05, 0.1) is 36.7 Å². The molecule has 5 atom stereocenters. The van der Waals surface area contributed by atoms with E-state index >= 15 is 0 Å². The van der Waals surface area contributed by atoms with Crippen LogP contribution in [-0.4, -0.2) is 77.6 Å². The molecule has 290 valence electrons. The zero-order valence-corrected chi connectivity index (χ0v) is 31.4. The largest absolute Gasteiger partial charge is 0.394 e. The molecule has 4 aliphatic heterocycles. The number of benzene rings is 3. The predicted octanol–water partition coefficient (Wildman–Crippen LogP) is 3.83. The van der Waals surface area contributed by atoms with Crippen LogP contribution in [0.5, 0.6) is 0 Å². The van der Waals surface area contributed by atoms with Crippen molar-refractivity contribution in [1.82, 2.24) is 15.5 Å². The first-order chi connectivity index (χ1) is 26.6. The van der Waals surface area contributed by atoms with E-state index in [1.807, 2.05) is 48.5 Å². The molecule has 55 heavy (non-hydrogen) atoms. The van der Waals surface area contributed by atoms with Gasteiger partial charge >= 0.3 is 0 Å². The zero-order chi connectivity index (χ0) is 38.5. The van der Waals surface area contributed by atoms with E-state index in [1.165, 1.54) is 0 Å². The zero-order valence-electron chi connectivity index (χ0n) is 31.4. The Morgan fingerprint density at radius 3 is 2.18 bits per heavy atom. The van der Waals surface area contributed by atoms with Crippen molar-refractivity contribution in [2.75, 3.05) is 48.3 Å². The summed E-state index contributed by atoms with van der Waals surface area (Å²) in [7, 11) is 0. The Morgan fingerprint density at radius 2 is 1.55 bits per heavy atom. The van der Waals surface area contributed by atoms with Crippen LogP contribution in [-0.2, 0) is 44.3 Å². The molecule has 2 unspecified atom stereocenters. The summed E-state index contributed by atoms with van der Waals surface area (Å²) < 4.78 is 0. The summed E-state index contributed by atoms with van der Waals surface area (Å²) in [5, 5.41) is 35.1. The first kappa shape index (κ1) is 38.4. The number of hydrogen-bond acceptors (Lipinski definition) is 8. The van der Waals surface area contributed by atoms with Crippen molar-refractivity contribution < 1.29 is 29.4 Å². The highest BCUT2D eigenvalue weighted by Gasteiger charge is 2.52. The van der Waals surface area contributed by atoms with Crippen LogP contribution in [0.3, 0.4) is 0 Å². The molecule has 0 aliphatic carbocycles. The summed E-state index contributed by atoms with van der Waals surface area (Å²) in [6, 6.07) is 20.2. The standard InChI is InChI=1S/C43H52N6O6/c1-28(7-4-12-39(51)48-26-33-9-3-2-8-30(33)21-36(48)27-50)43(55)37-22-35(47-41(53)32-11-6-20-45-24-32)17-18-38(37)49(42(43)54)25-29-13-15-34(16-14-29)46-40(52)31-10-5-19-44-23-31/h2-4,7-9,13-18,22,28,31-32,36,44-45,50,55H,5-6,10-12,19-21,23-27H2,1H3,(H,46,52)(H,47,53)/b7-4+/t28-,31?,32?,36+,43+/m1/s1. The molecule has 4 aliphatic rings. The van der Waals surface area contributed by atoms with Gasteiger partial charge in [-0.1, -0.05) is 55.5 Å². The number of nitrogens with zero attached hydrogens (tertiary/aromatic N) is 2. The third kappa shape index (κ3) is 8.23.